The van der Waals surface area contributed by atoms with Gasteiger partial charge in [0, 0.05) is 19.7 Å². The number of nitrogens with zero attached hydrogens (tertiary/aromatic N) is 2. The maximum absolute atomic E-state index is 13.6. The SMILES string of the molecule is COCCn1c(C(C)Cl)nc2cc(I)c(F)cc21. The van der Waals surface area contributed by atoms with Crippen LogP contribution in [-0.4, -0.2) is 23.3 Å². The van der Waals surface area contributed by atoms with E-state index in [1.807, 2.05) is 34.1 Å². The number of alkyl halides is 1. The fourth-order valence-corrected chi connectivity index (χ4v) is 2.48. The minimum absolute atomic E-state index is 0.227. The Hall–Kier alpha value is -0.400. The quantitative estimate of drug-likeness (QED) is 0.595. The first-order valence-electron chi connectivity index (χ1n) is 5.52. The van der Waals surface area contributed by atoms with Crippen LogP contribution in [0.3, 0.4) is 0 Å². The van der Waals surface area contributed by atoms with Crippen molar-refractivity contribution >= 4 is 45.2 Å². The molecule has 0 saturated carbocycles. The molecule has 0 aliphatic rings. The highest BCUT2D eigenvalue weighted by Crippen LogP contribution is 2.27. The third-order valence-electron chi connectivity index (χ3n) is 2.69. The van der Waals surface area contributed by atoms with Gasteiger partial charge in [-0.2, -0.15) is 0 Å². The molecule has 0 spiro atoms. The fraction of sp³-hybridized carbons (Fsp3) is 0.417. The van der Waals surface area contributed by atoms with Crippen molar-refractivity contribution in [1.82, 2.24) is 9.55 Å². The van der Waals surface area contributed by atoms with Crippen molar-refractivity contribution in [3.63, 3.8) is 0 Å². The largest absolute Gasteiger partial charge is 0.383 e. The highest BCUT2D eigenvalue weighted by atomic mass is 127. The molecule has 98 valence electrons. The Balaban J connectivity index is 2.61. The van der Waals surface area contributed by atoms with Crippen molar-refractivity contribution < 1.29 is 9.13 Å². The van der Waals surface area contributed by atoms with E-state index in [1.54, 1.807) is 13.2 Å². The summed E-state index contributed by atoms with van der Waals surface area (Å²) in [4.78, 5) is 4.47. The van der Waals surface area contributed by atoms with Gasteiger partial charge in [0.15, 0.2) is 0 Å². The van der Waals surface area contributed by atoms with Crippen molar-refractivity contribution in [3.8, 4) is 0 Å². The van der Waals surface area contributed by atoms with Gasteiger partial charge in [0.1, 0.15) is 11.6 Å². The molecular weight excluding hydrogens is 370 g/mol. The van der Waals surface area contributed by atoms with Gasteiger partial charge in [-0.15, -0.1) is 11.6 Å². The molecule has 1 aromatic heterocycles. The Morgan fingerprint density at radius 3 is 2.89 bits per heavy atom. The van der Waals surface area contributed by atoms with Crippen LogP contribution in [0.2, 0.25) is 0 Å². The van der Waals surface area contributed by atoms with E-state index in [2.05, 4.69) is 4.98 Å². The van der Waals surface area contributed by atoms with Gasteiger partial charge in [0.2, 0.25) is 0 Å². The molecule has 1 heterocycles. The Labute approximate surface area is 123 Å². The van der Waals surface area contributed by atoms with E-state index >= 15 is 0 Å². The number of benzene rings is 1. The highest BCUT2D eigenvalue weighted by Gasteiger charge is 2.16. The molecule has 1 aromatic carbocycles. The summed E-state index contributed by atoms with van der Waals surface area (Å²) in [5.41, 5.74) is 1.52. The van der Waals surface area contributed by atoms with Crippen LogP contribution in [0.5, 0.6) is 0 Å². The zero-order valence-corrected chi connectivity index (χ0v) is 13.0. The molecule has 2 aromatic rings. The molecule has 1 unspecified atom stereocenters. The Morgan fingerprint density at radius 1 is 1.56 bits per heavy atom. The number of halogens is 3. The number of hydrogen-bond donors (Lipinski definition) is 0. The van der Waals surface area contributed by atoms with Crippen molar-refractivity contribution in [2.45, 2.75) is 18.8 Å². The molecule has 0 radical (unpaired) electrons. The summed E-state index contributed by atoms with van der Waals surface area (Å²) in [6.07, 6.45) is 0. The first kappa shape index (κ1) is 14.0. The lowest BCUT2D eigenvalue weighted by Crippen LogP contribution is -2.08. The van der Waals surface area contributed by atoms with Gasteiger partial charge in [0.05, 0.1) is 26.6 Å². The van der Waals surface area contributed by atoms with E-state index in [-0.39, 0.29) is 11.2 Å². The summed E-state index contributed by atoms with van der Waals surface area (Å²) >= 11 is 8.08. The first-order valence-corrected chi connectivity index (χ1v) is 7.04. The third-order valence-corrected chi connectivity index (χ3v) is 3.72. The predicted octanol–water partition coefficient (Wildman–Crippen LogP) is 3.73. The van der Waals surface area contributed by atoms with Crippen molar-refractivity contribution in [3.05, 3.63) is 27.3 Å². The minimum atomic E-state index is -0.240. The molecule has 6 heteroatoms. The number of aromatic nitrogens is 2. The topological polar surface area (TPSA) is 27.1 Å². The molecule has 18 heavy (non-hydrogen) atoms. The van der Waals surface area contributed by atoms with Gasteiger partial charge >= 0.3 is 0 Å². The van der Waals surface area contributed by atoms with Crippen molar-refractivity contribution in [1.29, 1.82) is 0 Å². The predicted molar refractivity (Wildman–Crippen MR) is 78.6 cm³/mol. The van der Waals surface area contributed by atoms with E-state index in [1.165, 1.54) is 6.07 Å². The lowest BCUT2D eigenvalue weighted by Gasteiger charge is -2.09. The van der Waals surface area contributed by atoms with Gasteiger partial charge in [-0.25, -0.2) is 9.37 Å². The van der Waals surface area contributed by atoms with Gasteiger partial charge in [-0.3, -0.25) is 0 Å². The monoisotopic (exact) mass is 382 g/mol. The molecule has 3 nitrogen and oxygen atoms in total. The summed E-state index contributed by atoms with van der Waals surface area (Å²) in [7, 11) is 1.63. The van der Waals surface area contributed by atoms with Crippen LogP contribution < -0.4 is 0 Å². The molecular formula is C12H13ClFIN2O. The third kappa shape index (κ3) is 2.62. The number of fused-ring (bicyclic) bond motifs is 1. The number of rotatable bonds is 4. The smallest absolute Gasteiger partial charge is 0.138 e. The van der Waals surface area contributed by atoms with E-state index in [9.17, 15) is 4.39 Å². The van der Waals surface area contributed by atoms with Gasteiger partial charge in [-0.05, 0) is 35.6 Å². The van der Waals surface area contributed by atoms with Crippen LogP contribution in [0, 0.1) is 9.39 Å². The Kier molecular flexibility index (Phi) is 4.45. The van der Waals surface area contributed by atoms with Crippen molar-refractivity contribution in [2.24, 2.45) is 0 Å². The zero-order valence-electron chi connectivity index (χ0n) is 10.1. The normalized spacial score (nSPS) is 13.2. The maximum Gasteiger partial charge on any atom is 0.138 e. The van der Waals surface area contributed by atoms with Gasteiger partial charge in [-0.1, -0.05) is 0 Å². The standard InChI is InChI=1S/C12H13ClFIN2O/c1-7(13)12-16-10-6-9(15)8(14)5-11(10)17(12)3-4-18-2/h5-7H,3-4H2,1-2H3. The van der Waals surface area contributed by atoms with Gasteiger partial charge < -0.3 is 9.30 Å². The van der Waals surface area contributed by atoms with E-state index in [0.717, 1.165) is 16.9 Å². The second kappa shape index (κ2) is 5.71. The van der Waals surface area contributed by atoms with E-state index in [4.69, 9.17) is 16.3 Å². The van der Waals surface area contributed by atoms with E-state index in [0.29, 0.717) is 16.7 Å². The first-order chi connectivity index (χ1) is 8.54. The molecule has 0 aliphatic carbocycles. The molecule has 0 aliphatic heterocycles. The lowest BCUT2D eigenvalue weighted by molar-refractivity contribution is 0.187. The number of ether oxygens (including phenoxy) is 1. The zero-order chi connectivity index (χ0) is 13.3. The summed E-state index contributed by atoms with van der Waals surface area (Å²) in [6.45, 7) is 3.00. The second-order valence-corrected chi connectivity index (χ2v) is 5.80. The number of imidazole rings is 1. The molecule has 1 atom stereocenters. The summed E-state index contributed by atoms with van der Waals surface area (Å²) in [6, 6.07) is 3.24. The van der Waals surface area contributed by atoms with Crippen LogP contribution >= 0.6 is 34.2 Å². The fourth-order valence-electron chi connectivity index (χ4n) is 1.86. The molecule has 0 N–H and O–H groups in total. The molecule has 0 amide bonds. The van der Waals surface area contributed by atoms with Crippen LogP contribution in [0.25, 0.3) is 11.0 Å². The van der Waals surface area contributed by atoms with Crippen LogP contribution in [0.15, 0.2) is 12.1 Å². The summed E-state index contributed by atoms with van der Waals surface area (Å²) in [5.74, 6) is 0.501. The van der Waals surface area contributed by atoms with Crippen molar-refractivity contribution in [2.75, 3.05) is 13.7 Å². The van der Waals surface area contributed by atoms with Crippen LogP contribution in [0.1, 0.15) is 18.1 Å². The second-order valence-electron chi connectivity index (χ2n) is 3.99. The Morgan fingerprint density at radius 2 is 2.28 bits per heavy atom. The number of hydrogen-bond acceptors (Lipinski definition) is 2. The van der Waals surface area contributed by atoms with E-state index < -0.39 is 0 Å². The minimum Gasteiger partial charge on any atom is -0.383 e. The Bertz CT molecular complexity index is 571. The summed E-state index contributed by atoms with van der Waals surface area (Å²) < 4.78 is 21.2. The number of methoxy groups -OCH3 is 1. The maximum atomic E-state index is 13.6. The lowest BCUT2D eigenvalue weighted by atomic mass is 10.3. The average molecular weight is 383 g/mol. The van der Waals surface area contributed by atoms with Gasteiger partial charge in [0.25, 0.3) is 0 Å². The molecule has 0 fully saturated rings. The van der Waals surface area contributed by atoms with Crippen LogP contribution in [-0.2, 0) is 11.3 Å². The summed E-state index contributed by atoms with van der Waals surface area (Å²) in [5, 5.41) is -0.227. The molecule has 0 saturated heterocycles. The average Bonchev–Trinajstić information content (AvgIpc) is 2.65. The molecule has 2 rings (SSSR count). The molecule has 0 bridgehead atoms. The highest BCUT2D eigenvalue weighted by molar-refractivity contribution is 14.1. The van der Waals surface area contributed by atoms with Crippen LogP contribution in [0.4, 0.5) is 4.39 Å².